The van der Waals surface area contributed by atoms with Crippen LogP contribution in [-0.4, -0.2) is 20.2 Å². The normalized spacial score (nSPS) is 16.4. The number of hydrogen-bond acceptors (Lipinski definition) is 4. The summed E-state index contributed by atoms with van der Waals surface area (Å²) in [5.74, 6) is 0.659. The first-order valence-electron chi connectivity index (χ1n) is 7.30. The number of nitrogens with one attached hydrogen (secondary N) is 1. The monoisotopic (exact) mass is 415 g/mol. The molecule has 1 aliphatic rings. The summed E-state index contributed by atoms with van der Waals surface area (Å²) in [7, 11) is 0. The van der Waals surface area contributed by atoms with Crippen molar-refractivity contribution in [2.24, 2.45) is 0 Å². The van der Waals surface area contributed by atoms with Gasteiger partial charge >= 0.3 is 0 Å². The molecule has 6 heteroatoms. The van der Waals surface area contributed by atoms with E-state index in [1.807, 2.05) is 0 Å². The number of aromatic nitrogens is 4. The fourth-order valence-corrected chi connectivity index (χ4v) is 3.01. The van der Waals surface area contributed by atoms with Gasteiger partial charge in [0, 0.05) is 9.27 Å². The highest BCUT2D eigenvalue weighted by Gasteiger charge is 2.24. The van der Waals surface area contributed by atoms with E-state index in [2.05, 4.69) is 105 Å². The van der Waals surface area contributed by atoms with Crippen molar-refractivity contribution in [1.82, 2.24) is 20.2 Å². The zero-order chi connectivity index (χ0) is 15.8. The van der Waals surface area contributed by atoms with Gasteiger partial charge < -0.3 is 5.32 Å². The van der Waals surface area contributed by atoms with Crippen LogP contribution in [-0.2, 0) is 0 Å². The van der Waals surface area contributed by atoms with E-state index in [0.29, 0.717) is 5.95 Å². The van der Waals surface area contributed by atoms with Crippen molar-refractivity contribution < 1.29 is 0 Å². The number of allylic oxidation sites excluding steroid dienone is 1. The first-order valence-corrected chi connectivity index (χ1v) is 8.38. The minimum atomic E-state index is -0.0175. The standard InChI is InChI=1S/C17H14IN5/c1-11-2-4-13(5-3-11)16-10-15(12-6-8-14(18)9-7-12)19-17-20-21-22-23(16)17/h2-10,16H,1H3,(H,19,20,22)/t16-/m1/s1. The number of benzene rings is 2. The van der Waals surface area contributed by atoms with Gasteiger partial charge in [-0.1, -0.05) is 47.1 Å². The lowest BCUT2D eigenvalue weighted by molar-refractivity contribution is 0.586. The van der Waals surface area contributed by atoms with Crippen LogP contribution in [0.4, 0.5) is 5.95 Å². The molecule has 0 bridgehead atoms. The zero-order valence-electron chi connectivity index (χ0n) is 12.4. The van der Waals surface area contributed by atoms with E-state index in [9.17, 15) is 0 Å². The van der Waals surface area contributed by atoms with Gasteiger partial charge in [-0.15, -0.1) is 0 Å². The average Bonchev–Trinajstić information content (AvgIpc) is 3.04. The summed E-state index contributed by atoms with van der Waals surface area (Å²) in [5.41, 5.74) is 4.54. The predicted octanol–water partition coefficient (Wildman–Crippen LogP) is 3.64. The molecule has 1 aliphatic heterocycles. The highest BCUT2D eigenvalue weighted by molar-refractivity contribution is 14.1. The van der Waals surface area contributed by atoms with Crippen molar-refractivity contribution in [2.45, 2.75) is 13.0 Å². The van der Waals surface area contributed by atoms with Gasteiger partial charge in [0.25, 0.3) is 0 Å². The maximum absolute atomic E-state index is 4.13. The Balaban J connectivity index is 1.79. The van der Waals surface area contributed by atoms with E-state index >= 15 is 0 Å². The molecule has 3 aromatic rings. The predicted molar refractivity (Wildman–Crippen MR) is 97.9 cm³/mol. The summed E-state index contributed by atoms with van der Waals surface area (Å²) < 4.78 is 3.02. The van der Waals surface area contributed by atoms with E-state index in [4.69, 9.17) is 0 Å². The van der Waals surface area contributed by atoms with Crippen molar-refractivity contribution in [3.05, 3.63) is 74.9 Å². The van der Waals surface area contributed by atoms with Crippen LogP contribution in [0.15, 0.2) is 54.6 Å². The second-order valence-corrected chi connectivity index (χ2v) is 6.76. The molecule has 1 atom stereocenters. The third kappa shape index (κ3) is 2.74. The Morgan fingerprint density at radius 3 is 2.52 bits per heavy atom. The average molecular weight is 415 g/mol. The fraction of sp³-hybridized carbons (Fsp3) is 0.118. The number of anilines is 1. The number of hydrogen-bond donors (Lipinski definition) is 1. The molecule has 1 N–H and O–H groups in total. The molecular formula is C17H14IN5. The molecule has 114 valence electrons. The van der Waals surface area contributed by atoms with Gasteiger partial charge in [-0.2, -0.15) is 4.68 Å². The Morgan fingerprint density at radius 2 is 1.78 bits per heavy atom. The number of fused-ring (bicyclic) bond motifs is 1. The van der Waals surface area contributed by atoms with E-state index in [1.54, 1.807) is 4.68 Å². The minimum Gasteiger partial charge on any atom is -0.323 e. The topological polar surface area (TPSA) is 55.6 Å². The van der Waals surface area contributed by atoms with Crippen molar-refractivity contribution in [1.29, 1.82) is 0 Å². The highest BCUT2D eigenvalue weighted by Crippen LogP contribution is 2.31. The Bertz CT molecular complexity index is 865. The van der Waals surface area contributed by atoms with Crippen molar-refractivity contribution >= 4 is 34.2 Å². The minimum absolute atomic E-state index is 0.0175. The second-order valence-electron chi connectivity index (χ2n) is 5.51. The molecule has 0 unspecified atom stereocenters. The quantitative estimate of drug-likeness (QED) is 0.650. The molecule has 0 saturated heterocycles. The number of halogens is 1. The lowest BCUT2D eigenvalue weighted by Crippen LogP contribution is -2.20. The largest absolute Gasteiger partial charge is 0.323 e. The summed E-state index contributed by atoms with van der Waals surface area (Å²) in [6, 6.07) is 16.8. The molecule has 23 heavy (non-hydrogen) atoms. The van der Waals surface area contributed by atoms with Gasteiger partial charge in [0.05, 0.1) is 0 Å². The van der Waals surface area contributed by atoms with E-state index in [-0.39, 0.29) is 6.04 Å². The Kier molecular flexibility index (Phi) is 3.60. The van der Waals surface area contributed by atoms with Crippen LogP contribution in [0.3, 0.4) is 0 Å². The van der Waals surface area contributed by atoms with Gasteiger partial charge in [0.15, 0.2) is 0 Å². The molecule has 0 fully saturated rings. The van der Waals surface area contributed by atoms with Crippen molar-refractivity contribution in [3.63, 3.8) is 0 Å². The van der Waals surface area contributed by atoms with Crippen LogP contribution in [0.5, 0.6) is 0 Å². The van der Waals surface area contributed by atoms with Gasteiger partial charge in [-0.05, 0) is 69.3 Å². The van der Waals surface area contributed by atoms with Crippen molar-refractivity contribution in [3.8, 4) is 0 Å². The second kappa shape index (κ2) is 5.77. The van der Waals surface area contributed by atoms with Gasteiger partial charge in [-0.3, -0.25) is 0 Å². The summed E-state index contributed by atoms with van der Waals surface area (Å²) in [4.78, 5) is 0. The molecule has 0 aliphatic carbocycles. The van der Waals surface area contributed by atoms with Crippen LogP contribution in [0.25, 0.3) is 5.70 Å². The zero-order valence-corrected chi connectivity index (χ0v) is 14.6. The highest BCUT2D eigenvalue weighted by atomic mass is 127. The van der Waals surface area contributed by atoms with Crippen LogP contribution in [0, 0.1) is 10.5 Å². The van der Waals surface area contributed by atoms with E-state index < -0.39 is 0 Å². The molecule has 1 aromatic heterocycles. The Labute approximate surface area is 147 Å². The number of nitrogens with zero attached hydrogens (tertiary/aromatic N) is 4. The van der Waals surface area contributed by atoms with Gasteiger partial charge in [0.2, 0.25) is 5.95 Å². The maximum Gasteiger partial charge on any atom is 0.248 e. The number of rotatable bonds is 2. The lowest BCUT2D eigenvalue weighted by atomic mass is 10.0. The number of aryl methyl sites for hydroxylation is 1. The van der Waals surface area contributed by atoms with E-state index in [0.717, 1.165) is 16.8 Å². The van der Waals surface area contributed by atoms with Crippen molar-refractivity contribution in [2.75, 3.05) is 5.32 Å². The van der Waals surface area contributed by atoms with E-state index in [1.165, 1.54) is 9.13 Å². The summed E-state index contributed by atoms with van der Waals surface area (Å²) >= 11 is 2.31. The number of tetrazole rings is 1. The first kappa shape index (κ1) is 14.4. The van der Waals surface area contributed by atoms with Gasteiger partial charge in [-0.25, -0.2) is 0 Å². The third-order valence-electron chi connectivity index (χ3n) is 3.90. The maximum atomic E-state index is 4.13. The Hall–Kier alpha value is -2.22. The molecule has 4 rings (SSSR count). The smallest absolute Gasteiger partial charge is 0.248 e. The molecule has 0 spiro atoms. The van der Waals surface area contributed by atoms with Crippen LogP contribution >= 0.6 is 22.6 Å². The summed E-state index contributed by atoms with van der Waals surface area (Å²) in [6.45, 7) is 2.08. The van der Waals surface area contributed by atoms with Crippen LogP contribution < -0.4 is 5.32 Å². The molecule has 0 radical (unpaired) electrons. The van der Waals surface area contributed by atoms with Gasteiger partial charge in [0.1, 0.15) is 6.04 Å². The summed E-state index contributed by atoms with van der Waals surface area (Å²) in [6.07, 6.45) is 2.16. The molecular weight excluding hydrogens is 401 g/mol. The first-order chi connectivity index (χ1) is 11.2. The lowest BCUT2D eigenvalue weighted by Gasteiger charge is -2.23. The Morgan fingerprint density at radius 1 is 1.04 bits per heavy atom. The fourth-order valence-electron chi connectivity index (χ4n) is 2.65. The molecule has 5 nitrogen and oxygen atoms in total. The molecule has 0 amide bonds. The third-order valence-corrected chi connectivity index (χ3v) is 4.62. The molecule has 0 saturated carbocycles. The summed E-state index contributed by atoms with van der Waals surface area (Å²) in [5, 5.41) is 15.3. The van der Waals surface area contributed by atoms with Crippen LogP contribution in [0.1, 0.15) is 22.7 Å². The molecule has 2 aromatic carbocycles. The SMILES string of the molecule is Cc1ccc([C@H]2C=C(c3ccc(I)cc3)Nc3nnnn32)cc1. The van der Waals surface area contributed by atoms with Crippen LogP contribution in [0.2, 0.25) is 0 Å². The molecule has 2 heterocycles.